The van der Waals surface area contributed by atoms with Gasteiger partial charge in [-0.15, -0.1) is 0 Å². The first-order valence-electron chi connectivity index (χ1n) is 12.6. The molecule has 0 saturated heterocycles. The molecule has 1 aliphatic heterocycles. The Morgan fingerprint density at radius 1 is 1.02 bits per heavy atom. The molecule has 1 unspecified atom stereocenters. The van der Waals surface area contributed by atoms with Crippen LogP contribution in [0, 0.1) is 0 Å². The first-order chi connectivity index (χ1) is 19.5. The quantitative estimate of drug-likeness (QED) is 0.332. The molecule has 0 saturated carbocycles. The number of nitrogens with one attached hydrogen (secondary N) is 2. The molecule has 9 heteroatoms. The first-order valence-corrected chi connectivity index (χ1v) is 13.5. The molecule has 5 aromatic rings. The van der Waals surface area contributed by atoms with Gasteiger partial charge in [-0.2, -0.15) is 5.10 Å². The van der Waals surface area contributed by atoms with Gasteiger partial charge < -0.3 is 10.1 Å². The highest BCUT2D eigenvalue weighted by Crippen LogP contribution is 2.32. The van der Waals surface area contributed by atoms with Gasteiger partial charge in [0.2, 0.25) is 0 Å². The smallest absolute Gasteiger partial charge is 0.271 e. The van der Waals surface area contributed by atoms with Gasteiger partial charge in [-0.05, 0) is 42.8 Å². The monoisotopic (exact) mass is 547 g/mol. The van der Waals surface area contributed by atoms with Crippen LogP contribution in [0.4, 0.5) is 5.69 Å². The molecule has 0 spiro atoms. The zero-order valence-electron chi connectivity index (χ0n) is 21.8. The number of anilines is 1. The molecular formula is C31H25N5O3S. The molecule has 3 heterocycles. The average molecular weight is 548 g/mol. The number of carbonyl (C=O) groups excluding carboxylic acids is 1. The third-order valence-electron chi connectivity index (χ3n) is 6.75. The summed E-state index contributed by atoms with van der Waals surface area (Å²) >= 11 is 1.29. The molecule has 198 valence electrons. The summed E-state index contributed by atoms with van der Waals surface area (Å²) in [7, 11) is 1.60. The Balaban J connectivity index is 1.50. The van der Waals surface area contributed by atoms with E-state index in [4.69, 9.17) is 9.73 Å². The molecule has 3 aromatic carbocycles. The summed E-state index contributed by atoms with van der Waals surface area (Å²) in [5, 5.41) is 10.2. The number of nitrogens with zero attached hydrogens (tertiary/aromatic N) is 3. The van der Waals surface area contributed by atoms with Gasteiger partial charge in [0.1, 0.15) is 5.75 Å². The van der Waals surface area contributed by atoms with E-state index in [-0.39, 0.29) is 11.5 Å². The lowest BCUT2D eigenvalue weighted by molar-refractivity contribution is -0.113. The number of benzene rings is 3. The minimum Gasteiger partial charge on any atom is -0.497 e. The van der Waals surface area contributed by atoms with Gasteiger partial charge in [-0.1, -0.05) is 72.0 Å². The number of allylic oxidation sites excluding steroid dienone is 1. The molecule has 8 nitrogen and oxygen atoms in total. The molecule has 2 N–H and O–H groups in total. The minimum absolute atomic E-state index is 0.234. The van der Waals surface area contributed by atoms with Crippen LogP contribution < -0.4 is 24.9 Å². The number of hydrogen-bond donors (Lipinski definition) is 2. The van der Waals surface area contributed by atoms with Gasteiger partial charge >= 0.3 is 0 Å². The van der Waals surface area contributed by atoms with E-state index in [1.165, 1.54) is 11.3 Å². The van der Waals surface area contributed by atoms with Crippen LogP contribution in [-0.2, 0) is 4.79 Å². The van der Waals surface area contributed by atoms with Crippen LogP contribution in [0.15, 0.2) is 112 Å². The van der Waals surface area contributed by atoms with E-state index >= 15 is 0 Å². The van der Waals surface area contributed by atoms with E-state index in [9.17, 15) is 9.59 Å². The second-order valence-corrected chi connectivity index (χ2v) is 10.3. The number of aromatic nitrogens is 3. The van der Waals surface area contributed by atoms with Crippen LogP contribution in [0.25, 0.3) is 17.3 Å². The van der Waals surface area contributed by atoms with Crippen LogP contribution in [0.3, 0.4) is 0 Å². The van der Waals surface area contributed by atoms with E-state index in [0.29, 0.717) is 32.0 Å². The van der Waals surface area contributed by atoms with Crippen molar-refractivity contribution in [1.82, 2.24) is 14.8 Å². The number of amides is 1. The van der Waals surface area contributed by atoms with Crippen LogP contribution in [0.5, 0.6) is 5.75 Å². The van der Waals surface area contributed by atoms with Gasteiger partial charge in [0.25, 0.3) is 11.5 Å². The molecule has 1 atom stereocenters. The predicted molar refractivity (Wildman–Crippen MR) is 156 cm³/mol. The van der Waals surface area contributed by atoms with E-state index in [0.717, 1.165) is 22.4 Å². The summed E-state index contributed by atoms with van der Waals surface area (Å²) in [6.07, 6.45) is 3.52. The van der Waals surface area contributed by atoms with Gasteiger partial charge in [0.15, 0.2) is 4.80 Å². The number of carbonyl (C=O) groups is 1. The molecule has 1 amide bonds. The second-order valence-electron chi connectivity index (χ2n) is 9.24. The third kappa shape index (κ3) is 4.67. The maximum atomic E-state index is 14.0. The Morgan fingerprint density at radius 3 is 2.42 bits per heavy atom. The minimum atomic E-state index is -0.675. The van der Waals surface area contributed by atoms with E-state index in [1.54, 1.807) is 24.8 Å². The van der Waals surface area contributed by atoms with Crippen molar-refractivity contribution in [3.05, 3.63) is 133 Å². The fourth-order valence-corrected chi connectivity index (χ4v) is 5.85. The lowest BCUT2D eigenvalue weighted by atomic mass is 9.95. The molecule has 0 fully saturated rings. The van der Waals surface area contributed by atoms with Gasteiger partial charge in [0, 0.05) is 16.8 Å². The van der Waals surface area contributed by atoms with Crippen molar-refractivity contribution in [3.8, 4) is 17.0 Å². The third-order valence-corrected chi connectivity index (χ3v) is 7.73. The highest BCUT2D eigenvalue weighted by Gasteiger charge is 2.32. The number of hydrogen-bond acceptors (Lipinski definition) is 6. The largest absolute Gasteiger partial charge is 0.497 e. The Hall–Kier alpha value is -5.02. The van der Waals surface area contributed by atoms with Crippen molar-refractivity contribution in [2.45, 2.75) is 13.0 Å². The van der Waals surface area contributed by atoms with E-state index in [1.807, 2.05) is 91.0 Å². The first kappa shape index (κ1) is 25.3. The number of H-pyrrole nitrogens is 1. The molecule has 6 rings (SSSR count). The molecule has 2 aromatic heterocycles. The zero-order valence-corrected chi connectivity index (χ0v) is 22.6. The van der Waals surface area contributed by atoms with E-state index < -0.39 is 6.04 Å². The van der Waals surface area contributed by atoms with Crippen LogP contribution >= 0.6 is 11.3 Å². The molecular weight excluding hydrogens is 522 g/mol. The number of fused-ring (bicyclic) bond motifs is 1. The number of thiazole rings is 1. The van der Waals surface area contributed by atoms with E-state index in [2.05, 4.69) is 15.5 Å². The molecule has 1 aliphatic rings. The zero-order chi connectivity index (χ0) is 27.6. The van der Waals surface area contributed by atoms with Gasteiger partial charge in [-0.3, -0.25) is 19.3 Å². The topological polar surface area (TPSA) is 101 Å². The molecule has 0 bridgehead atoms. The summed E-state index contributed by atoms with van der Waals surface area (Å²) in [6, 6.07) is 25.8. The van der Waals surface area contributed by atoms with Crippen LogP contribution in [0.2, 0.25) is 0 Å². The molecule has 0 radical (unpaired) electrons. The van der Waals surface area contributed by atoms with Crippen LogP contribution in [0.1, 0.15) is 24.1 Å². The number of methoxy groups -OCH3 is 1. The maximum absolute atomic E-state index is 14.0. The standard InChI is InChI=1S/C31H25N5O3S/c1-19-26(29(37)34-23-11-7-4-8-12-23)28(21-13-15-24(39-2)16-14-21)36-30(38)25(40-31(36)33-19)17-22-18-32-35-27(22)20-9-5-3-6-10-20/h3-18,28H,1-2H3,(H,32,35)(H,34,37)/b25-17-. The number of para-hydroxylation sites is 1. The lowest BCUT2D eigenvalue weighted by Gasteiger charge is -2.25. The van der Waals surface area contributed by atoms with Crippen molar-refractivity contribution in [2.75, 3.05) is 12.4 Å². The van der Waals surface area contributed by atoms with Crippen LogP contribution in [-0.4, -0.2) is 27.8 Å². The summed E-state index contributed by atoms with van der Waals surface area (Å²) in [5.74, 6) is 0.365. The van der Waals surface area contributed by atoms with Crippen molar-refractivity contribution < 1.29 is 9.53 Å². The number of aromatic amines is 1. The number of ether oxygens (including phenoxy) is 1. The fraction of sp³-hybridized carbons (Fsp3) is 0.0968. The summed E-state index contributed by atoms with van der Waals surface area (Å²) in [5.41, 5.74) is 4.72. The SMILES string of the molecule is COc1ccc(C2C(C(=O)Nc3ccccc3)=C(C)N=c3s/c(=C\c4cn[nH]c4-c4ccccc4)c(=O)n32)cc1. The highest BCUT2D eigenvalue weighted by molar-refractivity contribution is 7.07. The lowest BCUT2D eigenvalue weighted by Crippen LogP contribution is -2.40. The summed E-state index contributed by atoms with van der Waals surface area (Å²) in [6.45, 7) is 1.80. The van der Waals surface area contributed by atoms with Gasteiger partial charge in [-0.25, -0.2) is 4.99 Å². The Labute approximate surface area is 233 Å². The molecule has 40 heavy (non-hydrogen) atoms. The van der Waals surface area contributed by atoms with Crippen molar-refractivity contribution in [2.24, 2.45) is 4.99 Å². The molecule has 0 aliphatic carbocycles. The van der Waals surface area contributed by atoms with Gasteiger partial charge in [0.05, 0.1) is 40.8 Å². The summed E-state index contributed by atoms with van der Waals surface area (Å²) in [4.78, 5) is 32.9. The average Bonchev–Trinajstić information content (AvgIpc) is 3.57. The maximum Gasteiger partial charge on any atom is 0.271 e. The van der Waals surface area contributed by atoms with Crippen molar-refractivity contribution in [1.29, 1.82) is 0 Å². The second kappa shape index (κ2) is 10.6. The van der Waals surface area contributed by atoms with Crippen molar-refractivity contribution in [3.63, 3.8) is 0 Å². The Kier molecular flexibility index (Phi) is 6.71. The fourth-order valence-electron chi connectivity index (χ4n) is 4.82. The Bertz CT molecular complexity index is 1900. The van der Waals surface area contributed by atoms with Crippen molar-refractivity contribution >= 4 is 29.0 Å². The normalized spacial score (nSPS) is 14.9. The highest BCUT2D eigenvalue weighted by atomic mass is 32.1. The Morgan fingerprint density at radius 2 is 1.73 bits per heavy atom. The summed E-state index contributed by atoms with van der Waals surface area (Å²) < 4.78 is 7.44. The predicted octanol–water partition coefficient (Wildman–Crippen LogP) is 4.27. The number of rotatable bonds is 6.